The van der Waals surface area contributed by atoms with Crippen molar-refractivity contribution in [2.75, 3.05) is 0 Å². The molecule has 90 valence electrons. The number of hydrogen-bond donors (Lipinski definition) is 2. The van der Waals surface area contributed by atoms with Crippen LogP contribution in [0.25, 0.3) is 0 Å². The van der Waals surface area contributed by atoms with Gasteiger partial charge in [-0.2, -0.15) is 0 Å². The van der Waals surface area contributed by atoms with Crippen molar-refractivity contribution in [3.63, 3.8) is 0 Å². The smallest absolute Gasteiger partial charge is 0.0462 e. The first-order chi connectivity index (χ1) is 7.71. The first-order valence-corrected chi connectivity index (χ1v) is 6.26. The SMILES string of the molecule is CCc1ccc(C(CC(C)CC)NN)cc1. The summed E-state index contributed by atoms with van der Waals surface area (Å²) in [5.41, 5.74) is 5.59. The molecule has 1 aromatic rings. The van der Waals surface area contributed by atoms with Crippen molar-refractivity contribution >= 4 is 0 Å². The lowest BCUT2D eigenvalue weighted by Crippen LogP contribution is -2.29. The van der Waals surface area contributed by atoms with E-state index in [-0.39, 0.29) is 6.04 Å². The van der Waals surface area contributed by atoms with E-state index in [1.165, 1.54) is 17.5 Å². The number of nitrogens with two attached hydrogens (primary N) is 1. The van der Waals surface area contributed by atoms with Crippen molar-refractivity contribution in [3.8, 4) is 0 Å². The van der Waals surface area contributed by atoms with E-state index in [1.807, 2.05) is 0 Å². The van der Waals surface area contributed by atoms with Gasteiger partial charge in [0.1, 0.15) is 0 Å². The Kier molecular flexibility index (Phi) is 5.50. The first kappa shape index (κ1) is 13.2. The second-order valence-electron chi connectivity index (χ2n) is 4.56. The van der Waals surface area contributed by atoms with Gasteiger partial charge in [-0.3, -0.25) is 11.3 Å². The summed E-state index contributed by atoms with van der Waals surface area (Å²) in [4.78, 5) is 0. The third kappa shape index (κ3) is 3.62. The molecule has 0 saturated heterocycles. The molecule has 0 aliphatic heterocycles. The van der Waals surface area contributed by atoms with Gasteiger partial charge < -0.3 is 0 Å². The standard InChI is InChI=1S/C14H24N2/c1-4-11(3)10-14(16-15)13-8-6-12(5-2)7-9-13/h6-9,11,14,16H,4-5,10,15H2,1-3H3. The fourth-order valence-corrected chi connectivity index (χ4v) is 1.86. The van der Waals surface area contributed by atoms with Gasteiger partial charge in [-0.15, -0.1) is 0 Å². The molecule has 2 unspecified atom stereocenters. The number of rotatable bonds is 6. The summed E-state index contributed by atoms with van der Waals surface area (Å²) in [7, 11) is 0. The average Bonchev–Trinajstić information content (AvgIpc) is 2.35. The number of aryl methyl sites for hydroxylation is 1. The van der Waals surface area contributed by atoms with Gasteiger partial charge in [0, 0.05) is 6.04 Å². The summed E-state index contributed by atoms with van der Waals surface area (Å²) in [6.45, 7) is 6.66. The lowest BCUT2D eigenvalue weighted by Gasteiger charge is -2.20. The fourth-order valence-electron chi connectivity index (χ4n) is 1.86. The number of nitrogens with one attached hydrogen (secondary N) is 1. The van der Waals surface area contributed by atoms with Crippen LogP contribution in [-0.4, -0.2) is 0 Å². The van der Waals surface area contributed by atoms with Crippen LogP contribution in [-0.2, 0) is 6.42 Å². The summed E-state index contributed by atoms with van der Waals surface area (Å²) in [5.74, 6) is 6.33. The van der Waals surface area contributed by atoms with Gasteiger partial charge in [0.05, 0.1) is 0 Å². The van der Waals surface area contributed by atoms with Crippen LogP contribution in [0.1, 0.15) is 50.8 Å². The predicted octanol–water partition coefficient (Wildman–Crippen LogP) is 3.19. The van der Waals surface area contributed by atoms with Crippen LogP contribution in [0, 0.1) is 5.92 Å². The van der Waals surface area contributed by atoms with E-state index >= 15 is 0 Å². The molecule has 0 amide bonds. The highest BCUT2D eigenvalue weighted by Crippen LogP contribution is 2.22. The maximum atomic E-state index is 5.63. The highest BCUT2D eigenvalue weighted by Gasteiger charge is 2.12. The molecule has 0 aromatic heterocycles. The third-order valence-corrected chi connectivity index (χ3v) is 3.33. The maximum Gasteiger partial charge on any atom is 0.0462 e. The molecule has 1 rings (SSSR count). The quantitative estimate of drug-likeness (QED) is 0.571. The highest BCUT2D eigenvalue weighted by molar-refractivity contribution is 5.25. The summed E-state index contributed by atoms with van der Waals surface area (Å²) >= 11 is 0. The molecule has 0 saturated carbocycles. The van der Waals surface area contributed by atoms with E-state index in [0.717, 1.165) is 12.8 Å². The van der Waals surface area contributed by atoms with Gasteiger partial charge in [-0.25, -0.2) is 0 Å². The normalized spacial score (nSPS) is 14.8. The van der Waals surface area contributed by atoms with E-state index in [2.05, 4.69) is 50.5 Å². The minimum Gasteiger partial charge on any atom is -0.271 e. The summed E-state index contributed by atoms with van der Waals surface area (Å²) in [5, 5.41) is 0. The van der Waals surface area contributed by atoms with E-state index < -0.39 is 0 Å². The zero-order valence-electron chi connectivity index (χ0n) is 10.7. The molecule has 2 nitrogen and oxygen atoms in total. The summed E-state index contributed by atoms with van der Waals surface area (Å²) in [6, 6.07) is 9.03. The molecule has 0 bridgehead atoms. The van der Waals surface area contributed by atoms with Gasteiger partial charge in [-0.05, 0) is 29.9 Å². The Labute approximate surface area is 99.2 Å². The van der Waals surface area contributed by atoms with Gasteiger partial charge in [0.2, 0.25) is 0 Å². The topological polar surface area (TPSA) is 38.0 Å². The van der Waals surface area contributed by atoms with E-state index in [0.29, 0.717) is 5.92 Å². The monoisotopic (exact) mass is 220 g/mol. The second-order valence-corrected chi connectivity index (χ2v) is 4.56. The minimum atomic E-state index is 0.279. The summed E-state index contributed by atoms with van der Waals surface area (Å²) < 4.78 is 0. The molecular formula is C14H24N2. The van der Waals surface area contributed by atoms with E-state index in [4.69, 9.17) is 5.84 Å². The molecule has 16 heavy (non-hydrogen) atoms. The van der Waals surface area contributed by atoms with Crippen molar-refractivity contribution in [1.82, 2.24) is 5.43 Å². The van der Waals surface area contributed by atoms with Crippen LogP contribution >= 0.6 is 0 Å². The van der Waals surface area contributed by atoms with Crippen molar-refractivity contribution in [2.24, 2.45) is 11.8 Å². The maximum absolute atomic E-state index is 5.63. The minimum absolute atomic E-state index is 0.279. The molecule has 0 heterocycles. The molecule has 2 atom stereocenters. The zero-order chi connectivity index (χ0) is 12.0. The molecular weight excluding hydrogens is 196 g/mol. The Bertz CT molecular complexity index is 292. The Morgan fingerprint density at radius 1 is 1.19 bits per heavy atom. The average molecular weight is 220 g/mol. The van der Waals surface area contributed by atoms with Crippen LogP contribution in [0.3, 0.4) is 0 Å². The van der Waals surface area contributed by atoms with Crippen LogP contribution in [0.4, 0.5) is 0 Å². The Morgan fingerprint density at radius 3 is 2.25 bits per heavy atom. The highest BCUT2D eigenvalue weighted by atomic mass is 15.2. The molecule has 0 aliphatic rings. The van der Waals surface area contributed by atoms with Gasteiger partial charge in [0.15, 0.2) is 0 Å². The number of hydrogen-bond acceptors (Lipinski definition) is 2. The van der Waals surface area contributed by atoms with Crippen molar-refractivity contribution < 1.29 is 0 Å². The molecule has 3 N–H and O–H groups in total. The lowest BCUT2D eigenvalue weighted by molar-refractivity contribution is 0.408. The Morgan fingerprint density at radius 2 is 1.81 bits per heavy atom. The summed E-state index contributed by atoms with van der Waals surface area (Å²) in [6.07, 6.45) is 3.38. The second kappa shape index (κ2) is 6.66. The van der Waals surface area contributed by atoms with Crippen LogP contribution in [0.5, 0.6) is 0 Å². The first-order valence-electron chi connectivity index (χ1n) is 6.26. The molecule has 0 fully saturated rings. The van der Waals surface area contributed by atoms with Crippen LogP contribution in [0.15, 0.2) is 24.3 Å². The fraction of sp³-hybridized carbons (Fsp3) is 0.571. The largest absolute Gasteiger partial charge is 0.271 e. The van der Waals surface area contributed by atoms with Crippen molar-refractivity contribution in [1.29, 1.82) is 0 Å². The number of benzene rings is 1. The predicted molar refractivity (Wildman–Crippen MR) is 70.0 cm³/mol. The van der Waals surface area contributed by atoms with Crippen molar-refractivity contribution in [3.05, 3.63) is 35.4 Å². The van der Waals surface area contributed by atoms with Crippen LogP contribution in [0.2, 0.25) is 0 Å². The van der Waals surface area contributed by atoms with E-state index in [1.54, 1.807) is 0 Å². The number of hydrazine groups is 1. The van der Waals surface area contributed by atoms with Gasteiger partial charge in [0.25, 0.3) is 0 Å². The molecule has 0 radical (unpaired) electrons. The van der Waals surface area contributed by atoms with Gasteiger partial charge in [-0.1, -0.05) is 51.5 Å². The van der Waals surface area contributed by atoms with E-state index in [9.17, 15) is 0 Å². The molecule has 2 heteroatoms. The van der Waals surface area contributed by atoms with Crippen LogP contribution < -0.4 is 11.3 Å². The van der Waals surface area contributed by atoms with Gasteiger partial charge >= 0.3 is 0 Å². The Balaban J connectivity index is 2.70. The Hall–Kier alpha value is -0.860. The van der Waals surface area contributed by atoms with Crippen molar-refractivity contribution in [2.45, 2.75) is 46.1 Å². The molecule has 0 spiro atoms. The molecule has 0 aliphatic carbocycles. The molecule has 1 aromatic carbocycles. The lowest BCUT2D eigenvalue weighted by atomic mass is 9.94. The zero-order valence-corrected chi connectivity index (χ0v) is 10.7. The third-order valence-electron chi connectivity index (χ3n) is 3.33.